The van der Waals surface area contributed by atoms with E-state index in [0.717, 1.165) is 6.42 Å². The number of benzene rings is 2. The quantitative estimate of drug-likeness (QED) is 0.862. The average molecular weight is 344 g/mol. The Kier molecular flexibility index (Phi) is 4.35. The van der Waals surface area contributed by atoms with E-state index in [-0.39, 0.29) is 10.7 Å². The van der Waals surface area contributed by atoms with Crippen LogP contribution in [-0.2, 0) is 14.8 Å². The minimum Gasteiger partial charge on any atom is -0.462 e. The van der Waals surface area contributed by atoms with E-state index in [0.29, 0.717) is 23.4 Å². The summed E-state index contributed by atoms with van der Waals surface area (Å²) >= 11 is 0. The number of sulfonamides is 1. The molecule has 0 aromatic heterocycles. The number of hydrogen-bond donors (Lipinski definition) is 1. The number of anilines is 1. The van der Waals surface area contributed by atoms with Gasteiger partial charge in [-0.1, -0.05) is 25.1 Å². The number of carbonyl (C=O) groups is 1. The van der Waals surface area contributed by atoms with Gasteiger partial charge >= 0.3 is 5.97 Å². The van der Waals surface area contributed by atoms with Crippen molar-refractivity contribution in [2.24, 2.45) is 4.40 Å². The fourth-order valence-electron chi connectivity index (χ4n) is 2.33. The van der Waals surface area contributed by atoms with E-state index in [9.17, 15) is 13.2 Å². The molecule has 1 aliphatic rings. The first-order valence-electron chi connectivity index (χ1n) is 7.50. The van der Waals surface area contributed by atoms with Gasteiger partial charge in [0.15, 0.2) is 5.84 Å². The Balaban J connectivity index is 1.87. The van der Waals surface area contributed by atoms with Gasteiger partial charge in [0.25, 0.3) is 10.0 Å². The summed E-state index contributed by atoms with van der Waals surface area (Å²) < 4.78 is 33.0. The van der Waals surface area contributed by atoms with Gasteiger partial charge in [0, 0.05) is 11.3 Å². The lowest BCUT2D eigenvalue weighted by Crippen LogP contribution is -2.12. The summed E-state index contributed by atoms with van der Waals surface area (Å²) in [6.45, 7) is 2.27. The smallest absolute Gasteiger partial charge is 0.338 e. The monoisotopic (exact) mass is 344 g/mol. The average Bonchev–Trinajstić information content (AvgIpc) is 2.84. The van der Waals surface area contributed by atoms with E-state index < -0.39 is 16.0 Å². The molecule has 2 aromatic carbocycles. The lowest BCUT2D eigenvalue weighted by atomic mass is 10.1. The molecule has 3 rings (SSSR count). The number of ether oxygens (including phenoxy) is 1. The second-order valence-electron chi connectivity index (χ2n) is 5.25. The summed E-state index contributed by atoms with van der Waals surface area (Å²) in [5.74, 6) is -0.174. The van der Waals surface area contributed by atoms with Crippen LogP contribution >= 0.6 is 0 Å². The Hall–Kier alpha value is -2.67. The molecule has 24 heavy (non-hydrogen) atoms. The largest absolute Gasteiger partial charge is 0.462 e. The molecule has 0 fully saturated rings. The van der Waals surface area contributed by atoms with Crippen LogP contribution in [0.2, 0.25) is 0 Å². The van der Waals surface area contributed by atoms with E-state index in [1.54, 1.807) is 42.5 Å². The Morgan fingerprint density at radius 2 is 1.96 bits per heavy atom. The van der Waals surface area contributed by atoms with E-state index in [1.807, 2.05) is 6.92 Å². The highest BCUT2D eigenvalue weighted by Gasteiger charge is 2.28. The molecule has 0 unspecified atom stereocenters. The Morgan fingerprint density at radius 1 is 1.17 bits per heavy atom. The van der Waals surface area contributed by atoms with Crippen molar-refractivity contribution in [2.75, 3.05) is 11.9 Å². The van der Waals surface area contributed by atoms with E-state index in [1.165, 1.54) is 6.07 Å². The molecule has 0 spiro atoms. The fourth-order valence-corrected chi connectivity index (χ4v) is 3.51. The summed E-state index contributed by atoms with van der Waals surface area (Å²) in [4.78, 5) is 12.1. The number of nitrogens with one attached hydrogen (secondary N) is 1. The molecule has 1 aliphatic heterocycles. The zero-order valence-electron chi connectivity index (χ0n) is 13.0. The van der Waals surface area contributed by atoms with E-state index in [2.05, 4.69) is 9.71 Å². The number of amidine groups is 1. The fraction of sp³-hybridized carbons (Fsp3) is 0.176. The van der Waals surface area contributed by atoms with Crippen LogP contribution in [0.15, 0.2) is 57.8 Å². The van der Waals surface area contributed by atoms with Crippen molar-refractivity contribution in [3.8, 4) is 0 Å². The maximum absolute atomic E-state index is 12.0. The predicted molar refractivity (Wildman–Crippen MR) is 90.8 cm³/mol. The molecule has 6 nitrogen and oxygen atoms in total. The number of carbonyl (C=O) groups excluding carboxylic acids is 1. The first-order valence-corrected chi connectivity index (χ1v) is 8.94. The van der Waals surface area contributed by atoms with Crippen molar-refractivity contribution in [2.45, 2.75) is 18.2 Å². The molecule has 0 aliphatic carbocycles. The molecule has 2 aromatic rings. The van der Waals surface area contributed by atoms with Crippen LogP contribution in [0.25, 0.3) is 0 Å². The van der Waals surface area contributed by atoms with Gasteiger partial charge < -0.3 is 10.1 Å². The highest BCUT2D eigenvalue weighted by atomic mass is 32.2. The number of esters is 1. The van der Waals surface area contributed by atoms with Gasteiger partial charge in [0.2, 0.25) is 0 Å². The summed E-state index contributed by atoms with van der Waals surface area (Å²) in [6, 6.07) is 13.3. The molecular weight excluding hydrogens is 328 g/mol. The molecule has 0 amide bonds. The maximum Gasteiger partial charge on any atom is 0.338 e. The zero-order chi connectivity index (χ0) is 17.2. The van der Waals surface area contributed by atoms with Gasteiger partial charge in [-0.2, -0.15) is 8.42 Å². The minimum atomic E-state index is -3.68. The standard InChI is InChI=1S/C17H16N2O4S/c1-2-10-23-17(20)12-6-5-7-13(11-12)18-16-14-8-3-4-9-15(14)24(21,22)19-16/h3-9,11H,2,10H2,1H3,(H,18,19). The molecule has 0 saturated heterocycles. The van der Waals surface area contributed by atoms with Gasteiger partial charge in [-0.05, 0) is 36.8 Å². The van der Waals surface area contributed by atoms with Crippen LogP contribution in [0.1, 0.15) is 29.3 Å². The minimum absolute atomic E-state index is 0.172. The van der Waals surface area contributed by atoms with Gasteiger partial charge in [-0.15, -0.1) is 4.40 Å². The molecule has 0 radical (unpaired) electrons. The molecule has 0 bridgehead atoms. The molecule has 124 valence electrons. The third kappa shape index (κ3) is 3.16. The summed E-state index contributed by atoms with van der Waals surface area (Å²) in [5, 5.41) is 2.97. The molecule has 0 saturated carbocycles. The van der Waals surface area contributed by atoms with Crippen LogP contribution in [0.4, 0.5) is 5.69 Å². The summed E-state index contributed by atoms with van der Waals surface area (Å²) in [6.07, 6.45) is 0.745. The molecule has 1 N–H and O–H groups in total. The van der Waals surface area contributed by atoms with Crippen LogP contribution in [0.3, 0.4) is 0 Å². The van der Waals surface area contributed by atoms with Crippen molar-refractivity contribution < 1.29 is 17.9 Å². The van der Waals surface area contributed by atoms with Crippen molar-refractivity contribution in [3.63, 3.8) is 0 Å². The van der Waals surface area contributed by atoms with Gasteiger partial charge in [0.1, 0.15) is 4.90 Å². The second kappa shape index (κ2) is 6.45. The summed E-state index contributed by atoms with van der Waals surface area (Å²) in [7, 11) is -3.68. The van der Waals surface area contributed by atoms with Crippen LogP contribution in [-0.4, -0.2) is 26.8 Å². The highest BCUT2D eigenvalue weighted by molar-refractivity contribution is 7.90. The SMILES string of the molecule is CCCOC(=O)c1cccc(NC2=NS(=O)(=O)c3ccccc32)c1. The third-order valence-corrected chi connectivity index (χ3v) is 4.76. The molecule has 0 atom stereocenters. The Labute approximate surface area is 140 Å². The van der Waals surface area contributed by atoms with Crippen LogP contribution in [0.5, 0.6) is 0 Å². The van der Waals surface area contributed by atoms with E-state index in [4.69, 9.17) is 4.74 Å². The number of nitrogens with zero attached hydrogens (tertiary/aromatic N) is 1. The van der Waals surface area contributed by atoms with Gasteiger partial charge in [0.05, 0.1) is 12.2 Å². The maximum atomic E-state index is 12.0. The van der Waals surface area contributed by atoms with Gasteiger partial charge in [-0.25, -0.2) is 4.79 Å². The van der Waals surface area contributed by atoms with Crippen LogP contribution in [0, 0.1) is 0 Å². The van der Waals surface area contributed by atoms with Crippen molar-refractivity contribution in [1.29, 1.82) is 0 Å². The molecular formula is C17H16N2O4S. The van der Waals surface area contributed by atoms with Gasteiger partial charge in [-0.3, -0.25) is 0 Å². The predicted octanol–water partition coefficient (Wildman–Crippen LogP) is 2.81. The van der Waals surface area contributed by atoms with Crippen molar-refractivity contribution in [1.82, 2.24) is 0 Å². The first kappa shape index (κ1) is 16.2. The zero-order valence-corrected chi connectivity index (χ0v) is 13.8. The van der Waals surface area contributed by atoms with E-state index >= 15 is 0 Å². The lowest BCUT2D eigenvalue weighted by Gasteiger charge is -2.08. The Morgan fingerprint density at radius 3 is 2.75 bits per heavy atom. The first-order chi connectivity index (χ1) is 11.5. The topological polar surface area (TPSA) is 84.8 Å². The number of rotatable bonds is 4. The molecule has 1 heterocycles. The Bertz CT molecular complexity index is 920. The highest BCUT2D eigenvalue weighted by Crippen LogP contribution is 2.26. The number of fused-ring (bicyclic) bond motifs is 1. The lowest BCUT2D eigenvalue weighted by molar-refractivity contribution is 0.0505. The number of hydrogen-bond acceptors (Lipinski definition) is 5. The van der Waals surface area contributed by atoms with Crippen molar-refractivity contribution in [3.05, 3.63) is 59.7 Å². The molecule has 7 heteroatoms. The van der Waals surface area contributed by atoms with Crippen molar-refractivity contribution >= 4 is 27.5 Å². The normalized spacial score (nSPS) is 14.6. The third-order valence-electron chi connectivity index (χ3n) is 3.43. The summed E-state index contributed by atoms with van der Waals surface area (Å²) in [5.41, 5.74) is 1.46. The van der Waals surface area contributed by atoms with Crippen LogP contribution < -0.4 is 5.32 Å². The second-order valence-corrected chi connectivity index (χ2v) is 6.83.